The standard InChI is InChI=1S/C27H37N3O4/c1-17(2)30(25(32)20(5)28-26(33)34-27(6,7)8)23(21-15-10-9-11-16-21)24(31)29-22-18(3)13-12-14-19(22)4/h9-17,20,23H,1-8H3,(H,28,33)(H,29,31). The monoisotopic (exact) mass is 467 g/mol. The molecule has 3 amide bonds. The summed E-state index contributed by atoms with van der Waals surface area (Å²) in [6, 6.07) is 12.9. The van der Waals surface area contributed by atoms with E-state index in [0.717, 1.165) is 16.8 Å². The molecule has 2 aromatic carbocycles. The number of ether oxygens (including phenoxy) is 1. The van der Waals surface area contributed by atoms with Crippen LogP contribution in [-0.4, -0.2) is 40.5 Å². The lowest BCUT2D eigenvalue weighted by molar-refractivity contribution is -0.142. The minimum Gasteiger partial charge on any atom is -0.444 e. The molecule has 2 atom stereocenters. The molecule has 184 valence electrons. The van der Waals surface area contributed by atoms with Crippen molar-refractivity contribution in [3.05, 3.63) is 65.2 Å². The average Bonchev–Trinajstić information content (AvgIpc) is 2.72. The van der Waals surface area contributed by atoms with E-state index in [0.29, 0.717) is 5.56 Å². The van der Waals surface area contributed by atoms with E-state index >= 15 is 0 Å². The van der Waals surface area contributed by atoms with Gasteiger partial charge in [-0.2, -0.15) is 0 Å². The van der Waals surface area contributed by atoms with E-state index in [1.807, 2.05) is 76.2 Å². The van der Waals surface area contributed by atoms with E-state index in [4.69, 9.17) is 4.74 Å². The van der Waals surface area contributed by atoms with Crippen LogP contribution < -0.4 is 10.6 Å². The van der Waals surface area contributed by atoms with E-state index in [9.17, 15) is 14.4 Å². The number of benzene rings is 2. The molecule has 34 heavy (non-hydrogen) atoms. The van der Waals surface area contributed by atoms with Gasteiger partial charge in [0.2, 0.25) is 5.91 Å². The minimum absolute atomic E-state index is 0.315. The molecule has 7 heteroatoms. The average molecular weight is 468 g/mol. The molecule has 0 saturated carbocycles. The summed E-state index contributed by atoms with van der Waals surface area (Å²) in [6.45, 7) is 14.4. The number of para-hydroxylation sites is 1. The molecule has 0 radical (unpaired) electrons. The summed E-state index contributed by atoms with van der Waals surface area (Å²) in [7, 11) is 0. The minimum atomic E-state index is -0.893. The molecule has 0 spiro atoms. The van der Waals surface area contributed by atoms with Gasteiger partial charge in [0.25, 0.3) is 5.91 Å². The van der Waals surface area contributed by atoms with Gasteiger partial charge in [0.1, 0.15) is 17.7 Å². The van der Waals surface area contributed by atoms with Crippen molar-refractivity contribution in [1.82, 2.24) is 10.2 Å². The Morgan fingerprint density at radius 1 is 0.882 bits per heavy atom. The third-order valence-corrected chi connectivity index (χ3v) is 5.29. The van der Waals surface area contributed by atoms with Crippen molar-refractivity contribution in [2.24, 2.45) is 0 Å². The smallest absolute Gasteiger partial charge is 0.408 e. The lowest BCUT2D eigenvalue weighted by Crippen LogP contribution is -2.53. The van der Waals surface area contributed by atoms with Crippen LogP contribution >= 0.6 is 0 Å². The maximum atomic E-state index is 13.7. The van der Waals surface area contributed by atoms with Crippen molar-refractivity contribution in [3.63, 3.8) is 0 Å². The second-order valence-electron chi connectivity index (χ2n) is 9.78. The molecule has 7 nitrogen and oxygen atoms in total. The van der Waals surface area contributed by atoms with Crippen molar-refractivity contribution in [2.45, 2.75) is 79.1 Å². The Morgan fingerprint density at radius 3 is 1.94 bits per heavy atom. The lowest BCUT2D eigenvalue weighted by atomic mass is 10.0. The van der Waals surface area contributed by atoms with E-state index < -0.39 is 23.8 Å². The summed E-state index contributed by atoms with van der Waals surface area (Å²) in [5.41, 5.74) is 2.58. The number of amides is 3. The normalized spacial score (nSPS) is 13.1. The molecule has 0 aliphatic rings. The van der Waals surface area contributed by atoms with Gasteiger partial charge in [-0.3, -0.25) is 9.59 Å². The van der Waals surface area contributed by atoms with Gasteiger partial charge >= 0.3 is 6.09 Å². The van der Waals surface area contributed by atoms with E-state index in [1.165, 1.54) is 4.90 Å². The van der Waals surface area contributed by atoms with Gasteiger partial charge in [-0.1, -0.05) is 48.5 Å². The highest BCUT2D eigenvalue weighted by molar-refractivity contribution is 5.99. The van der Waals surface area contributed by atoms with Crippen LogP contribution in [0.25, 0.3) is 0 Å². The summed E-state index contributed by atoms with van der Waals surface area (Å²) in [4.78, 5) is 41.0. The Balaban J connectivity index is 2.41. The van der Waals surface area contributed by atoms with Gasteiger partial charge in [-0.05, 0) is 72.1 Å². The lowest BCUT2D eigenvalue weighted by Gasteiger charge is -2.36. The number of nitrogens with zero attached hydrogens (tertiary/aromatic N) is 1. The van der Waals surface area contributed by atoms with Crippen molar-refractivity contribution < 1.29 is 19.1 Å². The van der Waals surface area contributed by atoms with Crippen molar-refractivity contribution >= 4 is 23.6 Å². The molecule has 2 unspecified atom stereocenters. The van der Waals surface area contributed by atoms with Crippen LogP contribution in [0.15, 0.2) is 48.5 Å². The second-order valence-corrected chi connectivity index (χ2v) is 9.78. The number of carbonyl (C=O) groups excluding carboxylic acids is 3. The summed E-state index contributed by atoms with van der Waals surface area (Å²) in [5.74, 6) is -0.707. The van der Waals surface area contributed by atoms with Crippen LogP contribution in [0.4, 0.5) is 10.5 Å². The first-order valence-electron chi connectivity index (χ1n) is 11.6. The zero-order valence-corrected chi connectivity index (χ0v) is 21.4. The number of aryl methyl sites for hydroxylation is 2. The van der Waals surface area contributed by atoms with Gasteiger partial charge in [-0.25, -0.2) is 4.79 Å². The third-order valence-electron chi connectivity index (χ3n) is 5.29. The Bertz CT molecular complexity index is 992. The van der Waals surface area contributed by atoms with Gasteiger partial charge in [0, 0.05) is 11.7 Å². The first-order chi connectivity index (χ1) is 15.8. The fourth-order valence-corrected chi connectivity index (χ4v) is 3.73. The number of hydrogen-bond donors (Lipinski definition) is 2. The van der Waals surface area contributed by atoms with Crippen LogP contribution in [-0.2, 0) is 14.3 Å². The number of carbonyl (C=O) groups is 3. The first kappa shape index (κ1) is 26.9. The Labute approximate surface area is 202 Å². The zero-order valence-electron chi connectivity index (χ0n) is 21.4. The maximum Gasteiger partial charge on any atom is 0.408 e. The SMILES string of the molecule is Cc1cccc(C)c1NC(=O)C(c1ccccc1)N(C(=O)C(C)NC(=O)OC(C)(C)C)C(C)C. The highest BCUT2D eigenvalue weighted by atomic mass is 16.6. The zero-order chi connectivity index (χ0) is 25.6. The Kier molecular flexibility index (Phi) is 8.85. The second kappa shape index (κ2) is 11.2. The number of hydrogen-bond acceptors (Lipinski definition) is 4. The largest absolute Gasteiger partial charge is 0.444 e. The van der Waals surface area contributed by atoms with Crippen LogP contribution in [0, 0.1) is 13.8 Å². The van der Waals surface area contributed by atoms with Crippen LogP contribution in [0.5, 0.6) is 0 Å². The molecule has 0 aliphatic carbocycles. The molecule has 2 N–H and O–H groups in total. The molecule has 0 heterocycles. The van der Waals surface area contributed by atoms with E-state index in [-0.39, 0.29) is 17.9 Å². The van der Waals surface area contributed by atoms with Crippen LogP contribution in [0.3, 0.4) is 0 Å². The van der Waals surface area contributed by atoms with Gasteiger partial charge in [-0.15, -0.1) is 0 Å². The highest BCUT2D eigenvalue weighted by Crippen LogP contribution is 2.28. The number of anilines is 1. The number of rotatable bonds is 7. The van der Waals surface area contributed by atoms with Crippen molar-refractivity contribution in [2.75, 3.05) is 5.32 Å². The molecule has 2 rings (SSSR count). The molecule has 0 saturated heterocycles. The van der Waals surface area contributed by atoms with E-state index in [2.05, 4.69) is 10.6 Å². The Morgan fingerprint density at radius 2 is 1.44 bits per heavy atom. The molecular formula is C27H37N3O4. The predicted octanol–water partition coefficient (Wildman–Crippen LogP) is 5.13. The fraction of sp³-hybridized carbons (Fsp3) is 0.444. The molecule has 2 aromatic rings. The molecule has 0 aliphatic heterocycles. The van der Waals surface area contributed by atoms with Gasteiger partial charge in [0.05, 0.1) is 0 Å². The topological polar surface area (TPSA) is 87.7 Å². The number of alkyl carbamates (subject to hydrolysis) is 1. The molecule has 0 bridgehead atoms. The van der Waals surface area contributed by atoms with Gasteiger partial charge < -0.3 is 20.3 Å². The van der Waals surface area contributed by atoms with E-state index in [1.54, 1.807) is 27.7 Å². The molecular weight excluding hydrogens is 430 g/mol. The number of nitrogens with one attached hydrogen (secondary N) is 2. The summed E-state index contributed by atoms with van der Waals surface area (Å²) in [5, 5.41) is 5.63. The van der Waals surface area contributed by atoms with Crippen LogP contribution in [0.1, 0.15) is 64.3 Å². The molecule has 0 fully saturated rings. The Hall–Kier alpha value is -3.35. The van der Waals surface area contributed by atoms with Crippen LogP contribution in [0.2, 0.25) is 0 Å². The summed E-state index contributed by atoms with van der Waals surface area (Å²) < 4.78 is 5.30. The third kappa shape index (κ3) is 7.07. The quantitative estimate of drug-likeness (QED) is 0.591. The predicted molar refractivity (Wildman–Crippen MR) is 135 cm³/mol. The first-order valence-corrected chi connectivity index (χ1v) is 11.6. The highest BCUT2D eigenvalue weighted by Gasteiger charge is 2.36. The van der Waals surface area contributed by atoms with Crippen molar-refractivity contribution in [3.8, 4) is 0 Å². The maximum absolute atomic E-state index is 13.7. The fourth-order valence-electron chi connectivity index (χ4n) is 3.73. The summed E-state index contributed by atoms with van der Waals surface area (Å²) >= 11 is 0. The summed E-state index contributed by atoms with van der Waals surface area (Å²) in [6.07, 6.45) is -0.687. The van der Waals surface area contributed by atoms with Crippen molar-refractivity contribution in [1.29, 1.82) is 0 Å². The molecule has 0 aromatic heterocycles. The van der Waals surface area contributed by atoms with Gasteiger partial charge in [0.15, 0.2) is 0 Å².